The Morgan fingerprint density at radius 3 is 2.38 bits per heavy atom. The molecule has 0 radical (unpaired) electrons. The second kappa shape index (κ2) is 7.69. The van der Waals surface area contributed by atoms with E-state index < -0.39 is 30.3 Å². The number of nitrogens with zero attached hydrogens (tertiary/aromatic N) is 2. The molecule has 0 bridgehead atoms. The predicted octanol–water partition coefficient (Wildman–Crippen LogP) is 0.128. The van der Waals surface area contributed by atoms with E-state index in [0.29, 0.717) is 17.1 Å². The number of methoxy groups -OCH3 is 1. The molecule has 0 aliphatic carbocycles. The van der Waals surface area contributed by atoms with Crippen molar-refractivity contribution in [3.05, 3.63) is 35.9 Å². The van der Waals surface area contributed by atoms with Crippen LogP contribution in [0, 0.1) is 0 Å². The Bertz CT molecular complexity index is 646. The molecule has 1 atom stereocenters. The fraction of sp³-hybridized carbons (Fsp3) is 0.375. The Labute approximate surface area is 139 Å². The molecule has 5 amide bonds. The average Bonchev–Trinajstić information content (AvgIpc) is 2.74. The molecule has 1 aromatic rings. The first-order valence-corrected chi connectivity index (χ1v) is 7.43. The van der Waals surface area contributed by atoms with Crippen molar-refractivity contribution in [2.45, 2.75) is 19.5 Å². The first-order valence-electron chi connectivity index (χ1n) is 7.43. The van der Waals surface area contributed by atoms with Gasteiger partial charge in [-0.1, -0.05) is 30.3 Å². The maximum absolute atomic E-state index is 12.3. The van der Waals surface area contributed by atoms with Gasteiger partial charge in [0.05, 0.1) is 13.2 Å². The molecule has 1 fully saturated rings. The number of hydrogen-bond acceptors (Lipinski definition) is 5. The summed E-state index contributed by atoms with van der Waals surface area (Å²) in [6, 6.07) is 7.77. The minimum Gasteiger partial charge on any atom is -0.383 e. The molecule has 1 aliphatic heterocycles. The van der Waals surface area contributed by atoms with E-state index >= 15 is 0 Å². The van der Waals surface area contributed by atoms with Crippen LogP contribution in [0.3, 0.4) is 0 Å². The highest BCUT2D eigenvalue weighted by Crippen LogP contribution is 2.15. The molecule has 24 heavy (non-hydrogen) atoms. The number of amides is 5. The largest absolute Gasteiger partial charge is 0.383 e. The summed E-state index contributed by atoms with van der Waals surface area (Å²) in [5, 5.41) is 2.59. The van der Waals surface area contributed by atoms with Crippen LogP contribution < -0.4 is 5.32 Å². The molecule has 0 unspecified atom stereocenters. The van der Waals surface area contributed by atoms with E-state index in [2.05, 4.69) is 5.32 Å². The molecule has 8 nitrogen and oxygen atoms in total. The Hall–Kier alpha value is -2.74. The molecular weight excluding hydrogens is 314 g/mol. The van der Waals surface area contributed by atoms with Gasteiger partial charge in [-0.05, 0) is 12.5 Å². The van der Waals surface area contributed by atoms with Crippen molar-refractivity contribution in [1.82, 2.24) is 15.1 Å². The average molecular weight is 333 g/mol. The number of carbonyl (C=O) groups excluding carboxylic acids is 4. The lowest BCUT2D eigenvalue weighted by Crippen LogP contribution is -2.45. The van der Waals surface area contributed by atoms with Crippen molar-refractivity contribution in [3.8, 4) is 0 Å². The zero-order valence-corrected chi connectivity index (χ0v) is 13.5. The van der Waals surface area contributed by atoms with Crippen LogP contribution in [-0.4, -0.2) is 59.9 Å². The first-order chi connectivity index (χ1) is 11.4. The zero-order chi connectivity index (χ0) is 17.7. The van der Waals surface area contributed by atoms with Crippen molar-refractivity contribution in [2.24, 2.45) is 0 Å². The van der Waals surface area contributed by atoms with Gasteiger partial charge in [0.2, 0.25) is 5.91 Å². The van der Waals surface area contributed by atoms with E-state index in [-0.39, 0.29) is 12.6 Å². The molecule has 1 aromatic carbocycles. The number of urea groups is 1. The lowest BCUT2D eigenvalue weighted by Gasteiger charge is -2.17. The minimum atomic E-state index is -0.995. The van der Waals surface area contributed by atoms with Gasteiger partial charge in [-0.15, -0.1) is 0 Å². The van der Waals surface area contributed by atoms with Crippen molar-refractivity contribution in [3.63, 3.8) is 0 Å². The topological polar surface area (TPSA) is 96.0 Å². The first kappa shape index (κ1) is 17.6. The lowest BCUT2D eigenvalue weighted by molar-refractivity contribution is -0.144. The van der Waals surface area contributed by atoms with Crippen LogP contribution in [0.5, 0.6) is 0 Å². The Kier molecular flexibility index (Phi) is 5.64. The number of rotatable bonds is 7. The minimum absolute atomic E-state index is 0.0115. The van der Waals surface area contributed by atoms with Gasteiger partial charge in [0.15, 0.2) is 0 Å². The molecule has 1 N–H and O–H groups in total. The third-order valence-corrected chi connectivity index (χ3v) is 3.44. The van der Waals surface area contributed by atoms with Gasteiger partial charge in [0.1, 0.15) is 6.54 Å². The second-order valence-electron chi connectivity index (χ2n) is 5.47. The number of ether oxygens (including phenoxy) is 1. The van der Waals surface area contributed by atoms with Crippen LogP contribution in [0.25, 0.3) is 0 Å². The third-order valence-electron chi connectivity index (χ3n) is 3.44. The number of hydrogen-bond donors (Lipinski definition) is 1. The van der Waals surface area contributed by atoms with Crippen molar-refractivity contribution < 1.29 is 23.9 Å². The fourth-order valence-corrected chi connectivity index (χ4v) is 2.35. The van der Waals surface area contributed by atoms with Crippen LogP contribution in [0.1, 0.15) is 12.5 Å². The molecule has 1 saturated heterocycles. The Balaban J connectivity index is 2.02. The summed E-state index contributed by atoms with van der Waals surface area (Å²) in [5.41, 5.74) is 0.715. The highest BCUT2D eigenvalue weighted by atomic mass is 16.5. The summed E-state index contributed by atoms with van der Waals surface area (Å²) in [7, 11) is 1.50. The van der Waals surface area contributed by atoms with E-state index in [1.165, 1.54) is 7.11 Å². The second-order valence-corrected chi connectivity index (χ2v) is 5.47. The maximum atomic E-state index is 12.3. The van der Waals surface area contributed by atoms with Crippen LogP contribution in [0.2, 0.25) is 0 Å². The smallest absolute Gasteiger partial charge is 0.335 e. The normalized spacial score (nSPS) is 15.8. The Morgan fingerprint density at radius 1 is 1.12 bits per heavy atom. The van der Waals surface area contributed by atoms with Gasteiger partial charge < -0.3 is 10.1 Å². The van der Waals surface area contributed by atoms with E-state index in [9.17, 15) is 19.2 Å². The highest BCUT2D eigenvalue weighted by Gasteiger charge is 2.45. The number of nitrogens with one attached hydrogen (secondary N) is 1. The van der Waals surface area contributed by atoms with Crippen LogP contribution in [-0.2, 0) is 25.7 Å². The molecule has 0 aromatic heterocycles. The van der Waals surface area contributed by atoms with Crippen molar-refractivity contribution >= 4 is 23.8 Å². The number of carbonyl (C=O) groups is 4. The fourth-order valence-electron chi connectivity index (χ4n) is 2.35. The van der Waals surface area contributed by atoms with E-state index in [1.54, 1.807) is 37.3 Å². The monoisotopic (exact) mass is 333 g/mol. The quantitative estimate of drug-likeness (QED) is 0.565. The molecule has 8 heteroatoms. The van der Waals surface area contributed by atoms with Crippen LogP contribution in [0.15, 0.2) is 30.3 Å². The van der Waals surface area contributed by atoms with Gasteiger partial charge in [-0.3, -0.25) is 19.3 Å². The van der Waals surface area contributed by atoms with Gasteiger partial charge in [-0.2, -0.15) is 0 Å². The van der Waals surface area contributed by atoms with Crippen LogP contribution in [0.4, 0.5) is 4.79 Å². The maximum Gasteiger partial charge on any atom is 0.335 e. The van der Waals surface area contributed by atoms with Crippen molar-refractivity contribution in [1.29, 1.82) is 0 Å². The van der Waals surface area contributed by atoms with E-state index in [1.807, 2.05) is 0 Å². The number of benzene rings is 1. The van der Waals surface area contributed by atoms with Gasteiger partial charge in [0.25, 0.3) is 0 Å². The summed E-state index contributed by atoms with van der Waals surface area (Å²) in [6.45, 7) is 1.51. The summed E-state index contributed by atoms with van der Waals surface area (Å²) < 4.78 is 4.89. The van der Waals surface area contributed by atoms with E-state index in [0.717, 1.165) is 4.90 Å². The molecule has 1 aliphatic rings. The van der Waals surface area contributed by atoms with Gasteiger partial charge >= 0.3 is 17.8 Å². The predicted molar refractivity (Wildman–Crippen MR) is 83.6 cm³/mol. The SMILES string of the molecule is COC[C@@H](C)NC(=O)CN1C(=O)C(=O)N(Cc2ccccc2)C1=O. The van der Waals surface area contributed by atoms with Gasteiger partial charge in [0, 0.05) is 13.2 Å². The van der Waals surface area contributed by atoms with E-state index in [4.69, 9.17) is 4.74 Å². The van der Waals surface area contributed by atoms with Crippen molar-refractivity contribution in [2.75, 3.05) is 20.3 Å². The third kappa shape index (κ3) is 3.96. The lowest BCUT2D eigenvalue weighted by atomic mass is 10.2. The molecular formula is C16H19N3O5. The molecule has 0 spiro atoms. The molecule has 2 rings (SSSR count). The summed E-state index contributed by atoms with van der Waals surface area (Å²) >= 11 is 0. The molecule has 1 heterocycles. The zero-order valence-electron chi connectivity index (χ0n) is 13.5. The summed E-state index contributed by atoms with van der Waals surface area (Å²) in [5.74, 6) is -2.46. The summed E-state index contributed by atoms with van der Waals surface area (Å²) in [4.78, 5) is 49.6. The van der Waals surface area contributed by atoms with Crippen LogP contribution >= 0.6 is 0 Å². The standard InChI is InChI=1S/C16H19N3O5/c1-11(10-24-2)17-13(20)9-19-15(22)14(21)18(16(19)23)8-12-6-4-3-5-7-12/h3-7,11H,8-10H2,1-2H3,(H,17,20)/t11-/m1/s1. The number of imide groups is 2. The Morgan fingerprint density at radius 2 is 1.75 bits per heavy atom. The highest BCUT2D eigenvalue weighted by molar-refractivity contribution is 6.44. The molecule has 0 saturated carbocycles. The summed E-state index contributed by atoms with van der Waals surface area (Å²) in [6.07, 6.45) is 0. The van der Waals surface area contributed by atoms with Gasteiger partial charge in [-0.25, -0.2) is 9.69 Å². The molecule has 128 valence electrons.